The third-order valence-electron chi connectivity index (χ3n) is 5.85. The maximum atomic E-state index is 13.2. The molecule has 10 heteroatoms. The van der Waals surface area contributed by atoms with Crippen LogP contribution in [0.1, 0.15) is 37.1 Å². The summed E-state index contributed by atoms with van der Waals surface area (Å²) in [6.45, 7) is -0.458. The van der Waals surface area contributed by atoms with Gasteiger partial charge in [-0.2, -0.15) is 0 Å². The fourth-order valence-electron chi connectivity index (χ4n) is 4.20. The smallest absolute Gasteiger partial charge is 0.313 e. The Kier molecular flexibility index (Phi) is 6.78. The number of ether oxygens (including phenoxy) is 1. The van der Waals surface area contributed by atoms with Crippen LogP contribution in [0.2, 0.25) is 0 Å². The first-order valence-corrected chi connectivity index (χ1v) is 13.1. The van der Waals surface area contributed by atoms with Gasteiger partial charge in [0, 0.05) is 12.1 Å². The molecule has 3 aromatic rings. The molecule has 1 heterocycles. The number of rotatable bonds is 7. The minimum absolute atomic E-state index is 0.116. The molecule has 0 radical (unpaired) electrons. The van der Waals surface area contributed by atoms with Crippen molar-refractivity contribution in [1.82, 2.24) is 4.98 Å². The van der Waals surface area contributed by atoms with Gasteiger partial charge in [0.1, 0.15) is 0 Å². The third kappa shape index (κ3) is 5.58. The summed E-state index contributed by atoms with van der Waals surface area (Å²) >= 11 is 1.58. The fourth-order valence-corrected chi connectivity index (χ4v) is 5.87. The summed E-state index contributed by atoms with van der Waals surface area (Å²) in [7, 11) is -3.89. The van der Waals surface area contributed by atoms with E-state index in [0.29, 0.717) is 19.3 Å². The number of esters is 1. The largest absolute Gasteiger partial charge is 0.455 e. The molecule has 1 aliphatic carbocycles. The standard InChI is InChI=1S/C23H25N3O5S2/c24-33(29,30)17-8-6-7-16(13-17)25-20(27)15-31-22(28)23(11-4-1-5-12-23)14-21-26-18-9-2-3-10-19(18)32-21/h2-3,6-10,13H,1,4-5,11-12,14-15H2,(H,25,27)(H2,24,29,30). The monoisotopic (exact) mass is 487 g/mol. The zero-order chi connectivity index (χ0) is 23.5. The van der Waals surface area contributed by atoms with Crippen LogP contribution in [0.3, 0.4) is 0 Å². The number of anilines is 1. The number of hydrogen-bond acceptors (Lipinski definition) is 7. The summed E-state index contributed by atoms with van der Waals surface area (Å²) in [6.07, 6.45) is 4.79. The molecule has 0 saturated heterocycles. The van der Waals surface area contributed by atoms with Crippen LogP contribution in [-0.2, 0) is 30.8 Å². The lowest BCUT2D eigenvalue weighted by atomic mass is 9.72. The van der Waals surface area contributed by atoms with Crippen LogP contribution in [-0.4, -0.2) is 31.9 Å². The van der Waals surface area contributed by atoms with Gasteiger partial charge in [0.05, 0.1) is 25.5 Å². The van der Waals surface area contributed by atoms with E-state index in [1.807, 2.05) is 24.3 Å². The highest BCUT2D eigenvalue weighted by Crippen LogP contribution is 2.41. The van der Waals surface area contributed by atoms with E-state index in [1.165, 1.54) is 24.3 Å². The van der Waals surface area contributed by atoms with Gasteiger partial charge in [0.15, 0.2) is 6.61 Å². The number of benzene rings is 2. The minimum atomic E-state index is -3.89. The molecule has 0 unspecified atom stereocenters. The molecule has 0 spiro atoms. The van der Waals surface area contributed by atoms with Crippen molar-refractivity contribution in [3.63, 3.8) is 0 Å². The molecular weight excluding hydrogens is 462 g/mol. The lowest BCUT2D eigenvalue weighted by Gasteiger charge is -2.34. The summed E-state index contributed by atoms with van der Waals surface area (Å²) in [4.78, 5) is 30.1. The molecule has 0 bridgehead atoms. The summed E-state index contributed by atoms with van der Waals surface area (Å²) in [5.74, 6) is -0.948. The average Bonchev–Trinajstić information content (AvgIpc) is 3.19. The molecule has 1 amide bonds. The van der Waals surface area contributed by atoms with Crippen molar-refractivity contribution >= 4 is 49.1 Å². The second kappa shape index (κ2) is 9.58. The van der Waals surface area contributed by atoms with Crippen LogP contribution in [0.15, 0.2) is 53.4 Å². The van der Waals surface area contributed by atoms with Gasteiger partial charge in [-0.05, 0) is 43.2 Å². The van der Waals surface area contributed by atoms with Gasteiger partial charge in [-0.15, -0.1) is 11.3 Å². The third-order valence-corrected chi connectivity index (χ3v) is 7.80. The van der Waals surface area contributed by atoms with E-state index < -0.39 is 33.9 Å². The van der Waals surface area contributed by atoms with Crippen LogP contribution in [0.25, 0.3) is 10.2 Å². The van der Waals surface area contributed by atoms with E-state index in [9.17, 15) is 18.0 Å². The number of sulfonamides is 1. The van der Waals surface area contributed by atoms with Crippen LogP contribution >= 0.6 is 11.3 Å². The Morgan fingerprint density at radius 3 is 2.58 bits per heavy atom. The number of para-hydroxylation sites is 1. The highest BCUT2D eigenvalue weighted by molar-refractivity contribution is 7.89. The molecule has 1 aromatic heterocycles. The lowest BCUT2D eigenvalue weighted by Crippen LogP contribution is -2.38. The molecule has 1 fully saturated rings. The van der Waals surface area contributed by atoms with Gasteiger partial charge in [-0.25, -0.2) is 18.5 Å². The van der Waals surface area contributed by atoms with Gasteiger partial charge < -0.3 is 10.1 Å². The predicted molar refractivity (Wildman–Crippen MR) is 126 cm³/mol. The normalized spacial score (nSPS) is 15.8. The lowest BCUT2D eigenvalue weighted by molar-refractivity contribution is -0.160. The van der Waals surface area contributed by atoms with Crippen molar-refractivity contribution in [2.75, 3.05) is 11.9 Å². The molecule has 2 aromatic carbocycles. The van der Waals surface area contributed by atoms with E-state index in [1.54, 1.807) is 11.3 Å². The number of primary sulfonamides is 1. The zero-order valence-electron chi connectivity index (χ0n) is 18.0. The fraction of sp³-hybridized carbons (Fsp3) is 0.348. The Bertz CT molecular complexity index is 1250. The van der Waals surface area contributed by atoms with Crippen LogP contribution in [0.5, 0.6) is 0 Å². The summed E-state index contributed by atoms with van der Waals surface area (Å²) in [5, 5.41) is 8.56. The number of thiazole rings is 1. The molecule has 8 nitrogen and oxygen atoms in total. The Morgan fingerprint density at radius 2 is 1.85 bits per heavy atom. The summed E-state index contributed by atoms with van der Waals surface area (Å²) in [5.41, 5.74) is 0.474. The number of amides is 1. The van der Waals surface area contributed by atoms with E-state index in [4.69, 9.17) is 9.88 Å². The SMILES string of the molecule is NS(=O)(=O)c1cccc(NC(=O)COC(=O)C2(Cc3nc4ccccc4s3)CCCCC2)c1. The summed E-state index contributed by atoms with van der Waals surface area (Å²) < 4.78 is 29.5. The average molecular weight is 488 g/mol. The number of carbonyl (C=O) groups excluding carboxylic acids is 2. The van der Waals surface area contributed by atoms with E-state index in [2.05, 4.69) is 10.3 Å². The molecule has 3 N–H and O–H groups in total. The zero-order valence-corrected chi connectivity index (χ0v) is 19.6. The molecule has 4 rings (SSSR count). The topological polar surface area (TPSA) is 128 Å². The van der Waals surface area contributed by atoms with Crippen molar-refractivity contribution in [1.29, 1.82) is 0 Å². The molecule has 0 atom stereocenters. The maximum absolute atomic E-state index is 13.2. The number of nitrogens with zero attached hydrogens (tertiary/aromatic N) is 1. The molecule has 174 valence electrons. The van der Waals surface area contributed by atoms with Crippen molar-refractivity contribution in [2.24, 2.45) is 10.6 Å². The molecule has 33 heavy (non-hydrogen) atoms. The Balaban J connectivity index is 1.42. The second-order valence-electron chi connectivity index (χ2n) is 8.29. The second-order valence-corrected chi connectivity index (χ2v) is 11.0. The Morgan fingerprint density at radius 1 is 1.09 bits per heavy atom. The van der Waals surface area contributed by atoms with Crippen molar-refractivity contribution in [3.8, 4) is 0 Å². The van der Waals surface area contributed by atoms with Crippen molar-refractivity contribution in [2.45, 2.75) is 43.4 Å². The first-order chi connectivity index (χ1) is 15.7. The highest BCUT2D eigenvalue weighted by Gasteiger charge is 2.42. The quantitative estimate of drug-likeness (QED) is 0.490. The molecule has 0 aliphatic heterocycles. The van der Waals surface area contributed by atoms with Crippen LogP contribution in [0, 0.1) is 5.41 Å². The van der Waals surface area contributed by atoms with Gasteiger partial charge in [0.2, 0.25) is 10.0 Å². The number of carbonyl (C=O) groups is 2. The number of nitrogens with one attached hydrogen (secondary N) is 1. The van der Waals surface area contributed by atoms with E-state index in [-0.39, 0.29) is 10.6 Å². The number of hydrogen-bond donors (Lipinski definition) is 2. The van der Waals surface area contributed by atoms with Gasteiger partial charge in [-0.1, -0.05) is 37.5 Å². The minimum Gasteiger partial charge on any atom is -0.455 e. The van der Waals surface area contributed by atoms with Crippen LogP contribution < -0.4 is 10.5 Å². The number of fused-ring (bicyclic) bond motifs is 1. The van der Waals surface area contributed by atoms with Crippen LogP contribution in [0.4, 0.5) is 5.69 Å². The summed E-state index contributed by atoms with van der Waals surface area (Å²) in [6, 6.07) is 13.5. The number of nitrogens with two attached hydrogens (primary N) is 1. The molecular formula is C23H25N3O5S2. The maximum Gasteiger partial charge on any atom is 0.313 e. The van der Waals surface area contributed by atoms with Gasteiger partial charge in [0.25, 0.3) is 5.91 Å². The van der Waals surface area contributed by atoms with Gasteiger partial charge >= 0.3 is 5.97 Å². The van der Waals surface area contributed by atoms with Crippen molar-refractivity contribution in [3.05, 3.63) is 53.5 Å². The first-order valence-electron chi connectivity index (χ1n) is 10.7. The highest BCUT2D eigenvalue weighted by atomic mass is 32.2. The van der Waals surface area contributed by atoms with E-state index in [0.717, 1.165) is 34.5 Å². The van der Waals surface area contributed by atoms with E-state index >= 15 is 0 Å². The molecule has 1 saturated carbocycles. The predicted octanol–water partition coefficient (Wildman–Crippen LogP) is 3.62. The molecule has 1 aliphatic rings. The Hall–Kier alpha value is -2.82. The van der Waals surface area contributed by atoms with Gasteiger partial charge in [-0.3, -0.25) is 9.59 Å². The Labute approximate surface area is 196 Å². The number of aromatic nitrogens is 1. The van der Waals surface area contributed by atoms with Crippen molar-refractivity contribution < 1.29 is 22.7 Å². The first kappa shape index (κ1) is 23.3.